The van der Waals surface area contributed by atoms with E-state index in [1.807, 2.05) is 30.3 Å². The summed E-state index contributed by atoms with van der Waals surface area (Å²) in [5.41, 5.74) is 1.17. The Morgan fingerprint density at radius 3 is 2.36 bits per heavy atom. The molecule has 1 heterocycles. The predicted molar refractivity (Wildman–Crippen MR) is 93.8 cm³/mol. The third-order valence-corrected chi connectivity index (χ3v) is 4.83. The Bertz CT molecular complexity index is 598. The Kier molecular flexibility index (Phi) is 6.74. The van der Waals surface area contributed by atoms with Crippen LogP contribution in [0.25, 0.3) is 0 Å². The fourth-order valence-corrected chi connectivity index (χ4v) is 3.44. The number of carbonyl (C=O) groups excluding carboxylic acids is 1. The molecule has 2 aromatic rings. The van der Waals surface area contributed by atoms with Gasteiger partial charge in [-0.3, -0.25) is 0 Å². The van der Waals surface area contributed by atoms with E-state index in [4.69, 9.17) is 4.74 Å². The zero-order chi connectivity index (χ0) is 15.8. The SMILES string of the molecule is COc1ccc(CCNC(=O)NCCc2ccc(Br)s2)cc1. The van der Waals surface area contributed by atoms with Crippen molar-refractivity contribution < 1.29 is 9.53 Å². The van der Waals surface area contributed by atoms with E-state index < -0.39 is 0 Å². The molecule has 2 rings (SSSR count). The van der Waals surface area contributed by atoms with E-state index in [1.54, 1.807) is 18.4 Å². The molecule has 1 aromatic carbocycles. The molecule has 0 aliphatic heterocycles. The van der Waals surface area contributed by atoms with Crippen LogP contribution in [0.5, 0.6) is 5.75 Å². The molecular formula is C16H19BrN2O2S. The van der Waals surface area contributed by atoms with Gasteiger partial charge >= 0.3 is 6.03 Å². The van der Waals surface area contributed by atoms with Crippen LogP contribution in [0.1, 0.15) is 10.4 Å². The van der Waals surface area contributed by atoms with E-state index in [0.29, 0.717) is 13.1 Å². The molecule has 0 aliphatic carbocycles. The fourth-order valence-electron chi connectivity index (χ4n) is 1.96. The highest BCUT2D eigenvalue weighted by Gasteiger charge is 2.02. The molecule has 0 radical (unpaired) electrons. The molecule has 22 heavy (non-hydrogen) atoms. The minimum Gasteiger partial charge on any atom is -0.497 e. The highest BCUT2D eigenvalue weighted by molar-refractivity contribution is 9.11. The molecule has 118 valence electrons. The summed E-state index contributed by atoms with van der Waals surface area (Å²) in [7, 11) is 1.65. The van der Waals surface area contributed by atoms with Crippen molar-refractivity contribution in [3.8, 4) is 5.75 Å². The van der Waals surface area contributed by atoms with Crippen LogP contribution >= 0.6 is 27.3 Å². The van der Waals surface area contributed by atoms with Gasteiger partial charge in [-0.05, 0) is 58.6 Å². The number of hydrogen-bond acceptors (Lipinski definition) is 3. The molecule has 0 saturated carbocycles. The van der Waals surface area contributed by atoms with Crippen LogP contribution in [0, 0.1) is 0 Å². The van der Waals surface area contributed by atoms with E-state index in [-0.39, 0.29) is 6.03 Å². The summed E-state index contributed by atoms with van der Waals surface area (Å²) in [6.07, 6.45) is 1.65. The summed E-state index contributed by atoms with van der Waals surface area (Å²) in [5, 5.41) is 5.73. The number of methoxy groups -OCH3 is 1. The summed E-state index contributed by atoms with van der Waals surface area (Å²) in [4.78, 5) is 12.9. The first kappa shape index (κ1) is 16.8. The van der Waals surface area contributed by atoms with Crippen molar-refractivity contribution in [3.05, 3.63) is 50.6 Å². The highest BCUT2D eigenvalue weighted by atomic mass is 79.9. The van der Waals surface area contributed by atoms with Crippen molar-refractivity contribution in [2.45, 2.75) is 12.8 Å². The molecule has 2 N–H and O–H groups in total. The monoisotopic (exact) mass is 382 g/mol. The van der Waals surface area contributed by atoms with Gasteiger partial charge in [0.2, 0.25) is 0 Å². The van der Waals surface area contributed by atoms with Gasteiger partial charge in [-0.15, -0.1) is 11.3 Å². The van der Waals surface area contributed by atoms with Crippen molar-refractivity contribution in [3.63, 3.8) is 0 Å². The van der Waals surface area contributed by atoms with E-state index in [0.717, 1.165) is 22.4 Å². The van der Waals surface area contributed by atoms with Gasteiger partial charge in [-0.1, -0.05) is 12.1 Å². The second-order valence-electron chi connectivity index (χ2n) is 4.74. The van der Waals surface area contributed by atoms with Crippen molar-refractivity contribution in [1.82, 2.24) is 10.6 Å². The largest absolute Gasteiger partial charge is 0.497 e. The molecule has 0 bridgehead atoms. The zero-order valence-electron chi connectivity index (χ0n) is 12.4. The van der Waals surface area contributed by atoms with Crippen LogP contribution < -0.4 is 15.4 Å². The summed E-state index contributed by atoms with van der Waals surface area (Å²) < 4.78 is 6.23. The van der Waals surface area contributed by atoms with Crippen LogP contribution in [0.2, 0.25) is 0 Å². The first-order valence-corrected chi connectivity index (χ1v) is 8.67. The van der Waals surface area contributed by atoms with Crippen LogP contribution in [0.3, 0.4) is 0 Å². The van der Waals surface area contributed by atoms with Crippen molar-refractivity contribution >= 4 is 33.3 Å². The lowest BCUT2D eigenvalue weighted by Gasteiger charge is -2.07. The Morgan fingerprint density at radius 2 is 1.77 bits per heavy atom. The van der Waals surface area contributed by atoms with Gasteiger partial charge in [0.1, 0.15) is 5.75 Å². The third-order valence-electron chi connectivity index (χ3n) is 3.14. The number of amides is 2. The maximum absolute atomic E-state index is 11.7. The summed E-state index contributed by atoms with van der Waals surface area (Å²) in [6.45, 7) is 1.25. The number of benzene rings is 1. The van der Waals surface area contributed by atoms with Gasteiger partial charge in [0.05, 0.1) is 10.9 Å². The number of thiophene rings is 1. The molecule has 4 nitrogen and oxygen atoms in total. The van der Waals surface area contributed by atoms with Gasteiger partial charge in [0, 0.05) is 18.0 Å². The lowest BCUT2D eigenvalue weighted by atomic mass is 10.1. The lowest BCUT2D eigenvalue weighted by molar-refractivity contribution is 0.241. The highest BCUT2D eigenvalue weighted by Crippen LogP contribution is 2.21. The summed E-state index contributed by atoms with van der Waals surface area (Å²) >= 11 is 5.12. The molecule has 6 heteroatoms. The number of ether oxygens (including phenoxy) is 1. The lowest BCUT2D eigenvalue weighted by Crippen LogP contribution is -2.37. The van der Waals surface area contributed by atoms with Crippen molar-refractivity contribution in [2.24, 2.45) is 0 Å². The second-order valence-corrected chi connectivity index (χ2v) is 7.28. The number of urea groups is 1. The Hall–Kier alpha value is -1.53. The quantitative estimate of drug-likeness (QED) is 0.768. The molecule has 0 saturated heterocycles. The first-order valence-electron chi connectivity index (χ1n) is 7.06. The second kappa shape index (κ2) is 8.80. The van der Waals surface area contributed by atoms with Crippen LogP contribution in [-0.2, 0) is 12.8 Å². The number of nitrogens with one attached hydrogen (secondary N) is 2. The maximum Gasteiger partial charge on any atom is 0.314 e. The molecule has 0 unspecified atom stereocenters. The van der Waals surface area contributed by atoms with Crippen molar-refractivity contribution in [2.75, 3.05) is 20.2 Å². The third kappa shape index (κ3) is 5.69. The number of hydrogen-bond donors (Lipinski definition) is 2. The molecule has 2 amide bonds. The molecule has 0 aliphatic rings. The molecule has 1 aromatic heterocycles. The molecular weight excluding hydrogens is 364 g/mol. The maximum atomic E-state index is 11.7. The van der Waals surface area contributed by atoms with E-state index in [2.05, 4.69) is 32.6 Å². The van der Waals surface area contributed by atoms with Crippen LogP contribution in [0.4, 0.5) is 4.79 Å². The number of carbonyl (C=O) groups is 1. The molecule has 0 atom stereocenters. The average molecular weight is 383 g/mol. The van der Waals surface area contributed by atoms with Crippen LogP contribution in [-0.4, -0.2) is 26.2 Å². The standard InChI is InChI=1S/C16H19BrN2O2S/c1-21-13-4-2-12(3-5-13)8-10-18-16(20)19-11-9-14-6-7-15(17)22-14/h2-7H,8-11H2,1H3,(H2,18,19,20). The van der Waals surface area contributed by atoms with Crippen molar-refractivity contribution in [1.29, 1.82) is 0 Å². The van der Waals surface area contributed by atoms with Gasteiger partial charge in [0.25, 0.3) is 0 Å². The summed E-state index contributed by atoms with van der Waals surface area (Å²) in [5.74, 6) is 0.842. The smallest absolute Gasteiger partial charge is 0.314 e. The topological polar surface area (TPSA) is 50.4 Å². The Balaban J connectivity index is 1.60. The average Bonchev–Trinajstić information content (AvgIpc) is 2.93. The normalized spacial score (nSPS) is 10.3. The predicted octanol–water partition coefficient (Wildman–Crippen LogP) is 3.60. The van der Waals surface area contributed by atoms with Crippen LogP contribution in [0.15, 0.2) is 40.2 Å². The van der Waals surface area contributed by atoms with Gasteiger partial charge in [0.15, 0.2) is 0 Å². The molecule has 0 fully saturated rings. The number of halogens is 1. The minimum absolute atomic E-state index is 0.121. The fraction of sp³-hybridized carbons (Fsp3) is 0.312. The number of rotatable bonds is 7. The van der Waals surface area contributed by atoms with Gasteiger partial charge in [-0.25, -0.2) is 4.79 Å². The van der Waals surface area contributed by atoms with Gasteiger partial charge < -0.3 is 15.4 Å². The van der Waals surface area contributed by atoms with E-state index in [1.165, 1.54) is 10.4 Å². The Morgan fingerprint density at radius 1 is 1.09 bits per heavy atom. The molecule has 0 spiro atoms. The Labute approximate surface area is 143 Å². The minimum atomic E-state index is -0.121. The van der Waals surface area contributed by atoms with Gasteiger partial charge in [-0.2, -0.15) is 0 Å². The zero-order valence-corrected chi connectivity index (χ0v) is 14.8. The van der Waals surface area contributed by atoms with E-state index >= 15 is 0 Å². The van der Waals surface area contributed by atoms with E-state index in [9.17, 15) is 4.79 Å². The first-order chi connectivity index (χ1) is 10.7. The summed E-state index contributed by atoms with van der Waals surface area (Å²) in [6, 6.07) is 11.8.